The van der Waals surface area contributed by atoms with Crippen LogP contribution in [0.5, 0.6) is 0 Å². The maximum Gasteiger partial charge on any atom is 0.401 e. The Bertz CT molecular complexity index is 396. The fourth-order valence-electron chi connectivity index (χ4n) is 1.89. The van der Waals surface area contributed by atoms with E-state index in [1.54, 1.807) is 0 Å². The number of aromatic amines is 1. The number of piperazine rings is 1. The monoisotopic (exact) mass is 262 g/mol. The molecule has 1 N–H and O–H groups in total. The van der Waals surface area contributed by atoms with Crippen LogP contribution < -0.4 is 0 Å². The first-order valence-electron chi connectivity index (χ1n) is 5.53. The molecule has 0 aromatic carbocycles. The molecule has 1 aromatic rings. The Morgan fingerprint density at radius 3 is 2.50 bits per heavy atom. The molecule has 1 amide bonds. The number of imidazole rings is 1. The van der Waals surface area contributed by atoms with Gasteiger partial charge in [-0.1, -0.05) is 0 Å². The van der Waals surface area contributed by atoms with Crippen molar-refractivity contribution in [1.29, 1.82) is 0 Å². The van der Waals surface area contributed by atoms with Crippen molar-refractivity contribution in [3.63, 3.8) is 0 Å². The highest BCUT2D eigenvalue weighted by molar-refractivity contribution is 5.90. The second-order valence-corrected chi connectivity index (χ2v) is 4.12. The SMILES string of the molecule is O=C(c1ncc[nH]1)N1CCN(CC(F)(F)F)CC1. The molecule has 1 aliphatic rings. The summed E-state index contributed by atoms with van der Waals surface area (Å²) in [6.45, 7) is 0.110. The molecule has 1 saturated heterocycles. The van der Waals surface area contributed by atoms with E-state index in [-0.39, 0.29) is 37.9 Å². The van der Waals surface area contributed by atoms with Crippen molar-refractivity contribution in [2.45, 2.75) is 6.18 Å². The van der Waals surface area contributed by atoms with Gasteiger partial charge in [0, 0.05) is 38.6 Å². The number of carbonyl (C=O) groups is 1. The summed E-state index contributed by atoms with van der Waals surface area (Å²) in [6, 6.07) is 0. The van der Waals surface area contributed by atoms with Crippen molar-refractivity contribution >= 4 is 5.91 Å². The summed E-state index contributed by atoms with van der Waals surface area (Å²) >= 11 is 0. The van der Waals surface area contributed by atoms with Crippen LogP contribution in [0.2, 0.25) is 0 Å². The van der Waals surface area contributed by atoms with Crippen LogP contribution in [0.1, 0.15) is 10.6 Å². The number of nitrogens with one attached hydrogen (secondary N) is 1. The first kappa shape index (κ1) is 12.9. The molecular formula is C10H13F3N4O. The number of aromatic nitrogens is 2. The smallest absolute Gasteiger partial charge is 0.341 e. The zero-order valence-corrected chi connectivity index (χ0v) is 9.57. The van der Waals surface area contributed by atoms with Crippen LogP contribution in [-0.2, 0) is 0 Å². The summed E-state index contributed by atoms with van der Waals surface area (Å²) in [4.78, 5) is 21.2. The van der Waals surface area contributed by atoms with Gasteiger partial charge in [-0.05, 0) is 0 Å². The number of rotatable bonds is 2. The highest BCUT2D eigenvalue weighted by atomic mass is 19.4. The Morgan fingerprint density at radius 2 is 2.00 bits per heavy atom. The second kappa shape index (κ2) is 4.97. The van der Waals surface area contributed by atoms with E-state index in [2.05, 4.69) is 9.97 Å². The van der Waals surface area contributed by atoms with Crippen LogP contribution in [0.25, 0.3) is 0 Å². The molecule has 2 rings (SSSR count). The predicted octanol–water partition coefficient (Wildman–Crippen LogP) is 0.730. The Hall–Kier alpha value is -1.57. The van der Waals surface area contributed by atoms with E-state index in [0.717, 1.165) is 0 Å². The molecule has 100 valence electrons. The Morgan fingerprint density at radius 1 is 1.33 bits per heavy atom. The first-order valence-corrected chi connectivity index (χ1v) is 5.53. The number of hydrogen-bond acceptors (Lipinski definition) is 3. The van der Waals surface area contributed by atoms with E-state index in [1.807, 2.05) is 0 Å². The van der Waals surface area contributed by atoms with Crippen molar-refractivity contribution in [1.82, 2.24) is 19.8 Å². The second-order valence-electron chi connectivity index (χ2n) is 4.12. The van der Waals surface area contributed by atoms with Crippen molar-refractivity contribution in [2.24, 2.45) is 0 Å². The Balaban J connectivity index is 1.85. The molecule has 5 nitrogen and oxygen atoms in total. The number of carbonyl (C=O) groups excluding carboxylic acids is 1. The van der Waals surface area contributed by atoms with E-state index in [4.69, 9.17) is 0 Å². The third-order valence-corrected chi connectivity index (χ3v) is 2.76. The zero-order valence-electron chi connectivity index (χ0n) is 9.57. The van der Waals surface area contributed by atoms with Crippen molar-refractivity contribution in [3.8, 4) is 0 Å². The molecule has 1 aromatic heterocycles. The topological polar surface area (TPSA) is 52.2 Å². The van der Waals surface area contributed by atoms with Gasteiger partial charge in [-0.25, -0.2) is 4.98 Å². The summed E-state index contributed by atoms with van der Waals surface area (Å²) in [5.41, 5.74) is 0. The number of amides is 1. The lowest BCUT2D eigenvalue weighted by molar-refractivity contribution is -0.148. The van der Waals surface area contributed by atoms with Crippen molar-refractivity contribution in [3.05, 3.63) is 18.2 Å². The van der Waals surface area contributed by atoms with Crippen molar-refractivity contribution in [2.75, 3.05) is 32.7 Å². The molecule has 0 bridgehead atoms. The highest BCUT2D eigenvalue weighted by Crippen LogP contribution is 2.17. The molecular weight excluding hydrogens is 249 g/mol. The maximum absolute atomic E-state index is 12.2. The van der Waals surface area contributed by atoms with Crippen molar-refractivity contribution < 1.29 is 18.0 Å². The molecule has 0 atom stereocenters. The van der Waals surface area contributed by atoms with E-state index in [1.165, 1.54) is 22.2 Å². The lowest BCUT2D eigenvalue weighted by Gasteiger charge is -2.34. The minimum atomic E-state index is -4.19. The van der Waals surface area contributed by atoms with E-state index in [9.17, 15) is 18.0 Å². The van der Waals surface area contributed by atoms with E-state index in [0.29, 0.717) is 0 Å². The fourth-order valence-corrected chi connectivity index (χ4v) is 1.89. The molecule has 0 unspecified atom stereocenters. The third kappa shape index (κ3) is 3.22. The largest absolute Gasteiger partial charge is 0.401 e. The van der Waals surface area contributed by atoms with Gasteiger partial charge in [0.15, 0.2) is 5.82 Å². The number of H-pyrrole nitrogens is 1. The van der Waals surface area contributed by atoms with Gasteiger partial charge in [0.2, 0.25) is 0 Å². The van der Waals surface area contributed by atoms with Crippen LogP contribution in [0.15, 0.2) is 12.4 Å². The zero-order chi connectivity index (χ0) is 13.2. The van der Waals surface area contributed by atoms with Gasteiger partial charge in [-0.2, -0.15) is 13.2 Å². The molecule has 0 saturated carbocycles. The van der Waals surface area contributed by atoms with Gasteiger partial charge < -0.3 is 9.88 Å². The molecule has 0 radical (unpaired) electrons. The average Bonchev–Trinajstić information content (AvgIpc) is 2.80. The minimum absolute atomic E-state index is 0.222. The minimum Gasteiger partial charge on any atom is -0.341 e. The summed E-state index contributed by atoms with van der Waals surface area (Å²) in [5, 5.41) is 0. The van der Waals surface area contributed by atoms with Gasteiger partial charge in [-0.15, -0.1) is 0 Å². The average molecular weight is 262 g/mol. The summed E-state index contributed by atoms with van der Waals surface area (Å²) in [7, 11) is 0. The molecule has 1 aliphatic heterocycles. The summed E-state index contributed by atoms with van der Waals surface area (Å²) in [5.74, 6) is -0.0501. The molecule has 1 fully saturated rings. The van der Waals surface area contributed by atoms with Gasteiger partial charge in [-0.3, -0.25) is 9.69 Å². The fraction of sp³-hybridized carbons (Fsp3) is 0.600. The molecule has 2 heterocycles. The third-order valence-electron chi connectivity index (χ3n) is 2.76. The van der Waals surface area contributed by atoms with Gasteiger partial charge >= 0.3 is 6.18 Å². The number of nitrogens with zero attached hydrogens (tertiary/aromatic N) is 3. The van der Waals surface area contributed by atoms with E-state index >= 15 is 0 Å². The van der Waals surface area contributed by atoms with Crippen LogP contribution in [0.3, 0.4) is 0 Å². The highest BCUT2D eigenvalue weighted by Gasteiger charge is 2.33. The molecule has 0 aliphatic carbocycles. The lowest BCUT2D eigenvalue weighted by Crippen LogP contribution is -2.51. The number of alkyl halides is 3. The Kier molecular flexibility index (Phi) is 3.55. The quantitative estimate of drug-likeness (QED) is 0.855. The standard InChI is InChI=1S/C10H13F3N4O/c11-10(12,13)7-16-3-5-17(6-4-16)9(18)8-14-1-2-15-8/h1-2H,3-7H2,(H,14,15). The predicted molar refractivity (Wildman–Crippen MR) is 57.0 cm³/mol. The molecule has 18 heavy (non-hydrogen) atoms. The summed E-state index contributed by atoms with van der Waals surface area (Å²) < 4.78 is 36.5. The summed E-state index contributed by atoms with van der Waals surface area (Å²) in [6.07, 6.45) is -1.19. The van der Waals surface area contributed by atoms with Gasteiger partial charge in [0.05, 0.1) is 6.54 Å². The lowest BCUT2D eigenvalue weighted by atomic mass is 10.3. The Labute approximate surface area is 102 Å². The normalized spacial score (nSPS) is 18.1. The van der Waals surface area contributed by atoms with Crippen LogP contribution in [0, 0.1) is 0 Å². The molecule has 8 heteroatoms. The molecule has 0 spiro atoms. The maximum atomic E-state index is 12.2. The van der Waals surface area contributed by atoms with Gasteiger partial charge in [0.1, 0.15) is 0 Å². The number of hydrogen-bond donors (Lipinski definition) is 1. The first-order chi connectivity index (χ1) is 8.46. The van der Waals surface area contributed by atoms with Crippen LogP contribution in [0.4, 0.5) is 13.2 Å². The van der Waals surface area contributed by atoms with Crippen LogP contribution >= 0.6 is 0 Å². The number of halogens is 3. The van der Waals surface area contributed by atoms with E-state index < -0.39 is 12.7 Å². The van der Waals surface area contributed by atoms with Crippen LogP contribution in [-0.4, -0.2) is 64.6 Å². The van der Waals surface area contributed by atoms with Gasteiger partial charge in [0.25, 0.3) is 5.91 Å².